The molecular weight excluding hydrogens is 370 g/mol. The molecule has 0 aromatic heterocycles. The lowest BCUT2D eigenvalue weighted by atomic mass is 9.97. The number of benzene rings is 3. The minimum absolute atomic E-state index is 0.240. The third-order valence-corrected chi connectivity index (χ3v) is 4.62. The Morgan fingerprint density at radius 3 is 1.96 bits per heavy atom. The van der Waals surface area contributed by atoms with Crippen LogP contribution in [0.5, 0.6) is 0 Å². The molecule has 0 radical (unpaired) electrons. The topological polar surface area (TPSA) is 56.1 Å². The van der Waals surface area contributed by atoms with Crippen molar-refractivity contribution >= 4 is 23.3 Å². The molecule has 0 aliphatic carbocycles. The van der Waals surface area contributed by atoms with E-state index >= 15 is 0 Å². The third-order valence-electron chi connectivity index (χ3n) is 4.36. The average Bonchev–Trinajstić information content (AvgIpc) is 2.74. The van der Waals surface area contributed by atoms with E-state index in [1.54, 1.807) is 29.2 Å². The van der Waals surface area contributed by atoms with Crippen LogP contribution in [-0.2, 0) is 0 Å². The fraction of sp³-hybridized carbons (Fsp3) is 0.130. The Bertz CT molecular complexity index is 898. The predicted octanol–water partition coefficient (Wildman–Crippen LogP) is 5.88. The summed E-state index contributed by atoms with van der Waals surface area (Å²) < 4.78 is 0. The first-order valence-electron chi connectivity index (χ1n) is 8.99. The fourth-order valence-corrected chi connectivity index (χ4v) is 3.20. The summed E-state index contributed by atoms with van der Waals surface area (Å²) in [7, 11) is 0. The molecule has 0 heterocycles. The van der Waals surface area contributed by atoms with Crippen molar-refractivity contribution in [2.45, 2.75) is 12.5 Å². The molecule has 0 atom stereocenters. The van der Waals surface area contributed by atoms with Crippen molar-refractivity contribution in [1.82, 2.24) is 4.90 Å². The Morgan fingerprint density at radius 1 is 0.929 bits per heavy atom. The van der Waals surface area contributed by atoms with Gasteiger partial charge in [0, 0.05) is 17.3 Å². The van der Waals surface area contributed by atoms with Gasteiger partial charge in [-0.2, -0.15) is 5.26 Å². The van der Waals surface area contributed by atoms with E-state index in [-0.39, 0.29) is 18.5 Å². The van der Waals surface area contributed by atoms with Gasteiger partial charge in [-0.3, -0.25) is 0 Å². The van der Waals surface area contributed by atoms with Crippen LogP contribution >= 0.6 is 11.6 Å². The van der Waals surface area contributed by atoms with Gasteiger partial charge in [0.2, 0.25) is 0 Å². The Labute approximate surface area is 170 Å². The van der Waals surface area contributed by atoms with Gasteiger partial charge in [-0.05, 0) is 35.4 Å². The first-order valence-corrected chi connectivity index (χ1v) is 9.37. The van der Waals surface area contributed by atoms with E-state index in [2.05, 4.69) is 11.4 Å². The van der Waals surface area contributed by atoms with Gasteiger partial charge < -0.3 is 10.2 Å². The zero-order chi connectivity index (χ0) is 19.8. The number of nitriles is 1. The number of rotatable bonds is 6. The van der Waals surface area contributed by atoms with Gasteiger partial charge in [0.25, 0.3) is 0 Å². The number of carbonyl (C=O) groups is 1. The number of urea groups is 1. The van der Waals surface area contributed by atoms with Gasteiger partial charge in [-0.25, -0.2) is 4.79 Å². The Hall–Kier alpha value is -3.29. The molecule has 4 nitrogen and oxygen atoms in total. The normalized spacial score (nSPS) is 10.3. The lowest BCUT2D eigenvalue weighted by molar-refractivity contribution is 0.199. The summed E-state index contributed by atoms with van der Waals surface area (Å²) in [5, 5.41) is 12.6. The van der Waals surface area contributed by atoms with E-state index in [1.165, 1.54) is 0 Å². The minimum Gasteiger partial charge on any atom is -0.312 e. The quantitative estimate of drug-likeness (QED) is 0.572. The molecule has 28 heavy (non-hydrogen) atoms. The standard InChI is InChI=1S/C23H20ClN3O/c24-20-12-14-21(15-13-20)26-23(28)27(17-7-16-25)22(18-8-3-1-4-9-18)19-10-5-2-6-11-19/h1-6,8-15,22H,7,17H2,(H,26,28). The molecule has 0 bridgehead atoms. The number of hydrogen-bond acceptors (Lipinski definition) is 2. The van der Waals surface area contributed by atoms with Crippen LogP contribution in [-0.4, -0.2) is 17.5 Å². The van der Waals surface area contributed by atoms with E-state index in [9.17, 15) is 4.79 Å². The predicted molar refractivity (Wildman–Crippen MR) is 112 cm³/mol. The van der Waals surface area contributed by atoms with E-state index in [0.29, 0.717) is 17.3 Å². The molecule has 5 heteroatoms. The van der Waals surface area contributed by atoms with Gasteiger partial charge in [-0.15, -0.1) is 0 Å². The van der Waals surface area contributed by atoms with Crippen molar-refractivity contribution in [2.75, 3.05) is 11.9 Å². The van der Waals surface area contributed by atoms with Crippen molar-refractivity contribution in [1.29, 1.82) is 5.26 Å². The smallest absolute Gasteiger partial charge is 0.312 e. The molecule has 3 aromatic rings. The Morgan fingerprint density at radius 2 is 1.46 bits per heavy atom. The lowest BCUT2D eigenvalue weighted by Crippen LogP contribution is -2.39. The second-order valence-corrected chi connectivity index (χ2v) is 6.70. The summed E-state index contributed by atoms with van der Waals surface area (Å²) in [6.07, 6.45) is 0.240. The van der Waals surface area contributed by atoms with Crippen molar-refractivity contribution < 1.29 is 4.79 Å². The summed E-state index contributed by atoms with van der Waals surface area (Å²) in [5.74, 6) is 0. The maximum Gasteiger partial charge on any atom is 0.322 e. The van der Waals surface area contributed by atoms with Crippen LogP contribution in [0.2, 0.25) is 5.02 Å². The monoisotopic (exact) mass is 389 g/mol. The number of amides is 2. The van der Waals surface area contributed by atoms with Crippen molar-refractivity contribution in [3.05, 3.63) is 101 Å². The van der Waals surface area contributed by atoms with Crippen LogP contribution in [0.1, 0.15) is 23.6 Å². The number of nitrogens with zero attached hydrogens (tertiary/aromatic N) is 2. The zero-order valence-corrected chi connectivity index (χ0v) is 16.0. The largest absolute Gasteiger partial charge is 0.322 e. The van der Waals surface area contributed by atoms with Crippen molar-refractivity contribution in [3.63, 3.8) is 0 Å². The fourth-order valence-electron chi connectivity index (χ4n) is 3.07. The first kappa shape index (κ1) is 19.5. The van der Waals surface area contributed by atoms with E-state index < -0.39 is 0 Å². The number of hydrogen-bond donors (Lipinski definition) is 1. The van der Waals surface area contributed by atoms with Crippen LogP contribution in [0.4, 0.5) is 10.5 Å². The highest BCUT2D eigenvalue weighted by Gasteiger charge is 2.26. The molecule has 1 N–H and O–H groups in total. The SMILES string of the molecule is N#CCCN(C(=O)Nc1ccc(Cl)cc1)C(c1ccccc1)c1ccccc1. The maximum absolute atomic E-state index is 13.2. The molecular formula is C23H20ClN3O. The second kappa shape index (κ2) is 9.59. The molecule has 0 fully saturated rings. The highest BCUT2D eigenvalue weighted by molar-refractivity contribution is 6.30. The number of nitrogens with one attached hydrogen (secondary N) is 1. The first-order chi connectivity index (χ1) is 13.7. The minimum atomic E-state index is -0.303. The summed E-state index contributed by atoms with van der Waals surface area (Å²) >= 11 is 5.93. The summed E-state index contributed by atoms with van der Waals surface area (Å²) in [6, 6.07) is 28.2. The summed E-state index contributed by atoms with van der Waals surface area (Å²) in [4.78, 5) is 14.9. The van der Waals surface area contributed by atoms with Crippen molar-refractivity contribution in [3.8, 4) is 6.07 Å². The molecule has 2 amide bonds. The van der Waals surface area contributed by atoms with Crippen LogP contribution in [0.3, 0.4) is 0 Å². The van der Waals surface area contributed by atoms with E-state index in [1.807, 2.05) is 60.7 Å². The van der Waals surface area contributed by atoms with E-state index in [0.717, 1.165) is 11.1 Å². The zero-order valence-electron chi connectivity index (χ0n) is 15.3. The lowest BCUT2D eigenvalue weighted by Gasteiger charge is -2.32. The number of anilines is 1. The Balaban J connectivity index is 1.96. The van der Waals surface area contributed by atoms with Gasteiger partial charge in [0.05, 0.1) is 18.5 Å². The summed E-state index contributed by atoms with van der Waals surface area (Å²) in [6.45, 7) is 0.310. The second-order valence-electron chi connectivity index (χ2n) is 6.26. The molecule has 0 unspecified atom stereocenters. The molecule has 3 aromatic carbocycles. The average molecular weight is 390 g/mol. The highest BCUT2D eigenvalue weighted by atomic mass is 35.5. The molecule has 3 rings (SSSR count). The molecule has 0 saturated carbocycles. The number of carbonyl (C=O) groups excluding carboxylic acids is 1. The van der Waals surface area contributed by atoms with Crippen LogP contribution in [0.15, 0.2) is 84.9 Å². The van der Waals surface area contributed by atoms with Crippen LogP contribution < -0.4 is 5.32 Å². The van der Waals surface area contributed by atoms with Gasteiger partial charge in [0.1, 0.15) is 0 Å². The molecule has 0 spiro atoms. The van der Waals surface area contributed by atoms with Crippen molar-refractivity contribution in [2.24, 2.45) is 0 Å². The van der Waals surface area contributed by atoms with Gasteiger partial charge >= 0.3 is 6.03 Å². The number of halogens is 1. The maximum atomic E-state index is 13.2. The molecule has 140 valence electrons. The Kier molecular flexibility index (Phi) is 6.67. The highest BCUT2D eigenvalue weighted by Crippen LogP contribution is 2.29. The summed E-state index contributed by atoms with van der Waals surface area (Å²) in [5.41, 5.74) is 2.62. The van der Waals surface area contributed by atoms with Crippen LogP contribution in [0, 0.1) is 11.3 Å². The van der Waals surface area contributed by atoms with Gasteiger partial charge in [0.15, 0.2) is 0 Å². The molecule has 0 saturated heterocycles. The molecule has 0 aliphatic rings. The van der Waals surface area contributed by atoms with E-state index in [4.69, 9.17) is 16.9 Å². The molecule has 0 aliphatic heterocycles. The van der Waals surface area contributed by atoms with Crippen LogP contribution in [0.25, 0.3) is 0 Å². The third kappa shape index (κ3) is 4.91. The van der Waals surface area contributed by atoms with Gasteiger partial charge in [-0.1, -0.05) is 72.3 Å².